The number of hydrogen-bond donors (Lipinski definition) is 2. The molecule has 1 heterocycles. The zero-order valence-electron chi connectivity index (χ0n) is 11.8. The number of nitrogens with one attached hydrogen (secondary N) is 2. The number of amides is 1. The molecule has 21 heavy (non-hydrogen) atoms. The van der Waals surface area contributed by atoms with Gasteiger partial charge >= 0.3 is 5.69 Å². The van der Waals surface area contributed by atoms with Gasteiger partial charge in [-0.1, -0.05) is 30.8 Å². The van der Waals surface area contributed by atoms with E-state index in [1.807, 2.05) is 24.3 Å². The van der Waals surface area contributed by atoms with E-state index in [1.54, 1.807) is 6.92 Å². The number of anilines is 1. The van der Waals surface area contributed by atoms with Crippen molar-refractivity contribution < 1.29 is 4.79 Å². The zero-order chi connectivity index (χ0) is 15.2. The van der Waals surface area contributed by atoms with Crippen molar-refractivity contribution in [3.8, 4) is 0 Å². The molecule has 110 valence electrons. The molecule has 0 aliphatic carbocycles. The Balaban J connectivity index is 1.92. The molecule has 0 saturated heterocycles. The van der Waals surface area contributed by atoms with Crippen LogP contribution in [0.1, 0.15) is 18.2 Å². The van der Waals surface area contributed by atoms with E-state index in [4.69, 9.17) is 0 Å². The molecule has 0 fully saturated rings. The van der Waals surface area contributed by atoms with Gasteiger partial charge in [-0.15, -0.1) is 0 Å². The number of nitrogens with zero attached hydrogens (tertiary/aromatic N) is 2. The first kappa shape index (κ1) is 15.2. The van der Waals surface area contributed by atoms with Crippen LogP contribution in [0.2, 0.25) is 0 Å². The topological polar surface area (TPSA) is 87.7 Å². The van der Waals surface area contributed by atoms with Gasteiger partial charge in [0.05, 0.1) is 11.4 Å². The summed E-state index contributed by atoms with van der Waals surface area (Å²) in [6.45, 7) is 3.81. The molecular weight excluding hydrogens is 288 g/mol. The molecule has 7 heteroatoms. The second-order valence-corrected chi connectivity index (χ2v) is 5.38. The maximum atomic E-state index is 11.9. The molecular formula is C14H16N4O2S. The predicted octanol–water partition coefficient (Wildman–Crippen LogP) is 1.77. The summed E-state index contributed by atoms with van der Waals surface area (Å²) in [4.78, 5) is 26.7. The normalized spacial score (nSPS) is 10.4. The monoisotopic (exact) mass is 304 g/mol. The number of aromatic amines is 1. The van der Waals surface area contributed by atoms with Crippen molar-refractivity contribution in [2.75, 3.05) is 11.1 Å². The first-order chi connectivity index (χ1) is 10.1. The summed E-state index contributed by atoms with van der Waals surface area (Å²) in [7, 11) is 0. The molecule has 0 unspecified atom stereocenters. The van der Waals surface area contributed by atoms with E-state index in [0.29, 0.717) is 10.7 Å². The lowest BCUT2D eigenvalue weighted by Crippen LogP contribution is -2.17. The number of aromatic nitrogens is 3. The largest absolute Gasteiger partial charge is 0.362 e. The Bertz CT molecular complexity index is 682. The molecule has 1 amide bonds. The van der Waals surface area contributed by atoms with Crippen molar-refractivity contribution in [3.63, 3.8) is 0 Å². The summed E-state index contributed by atoms with van der Waals surface area (Å²) < 4.78 is 0. The third-order valence-electron chi connectivity index (χ3n) is 2.82. The van der Waals surface area contributed by atoms with Crippen molar-refractivity contribution in [1.29, 1.82) is 0 Å². The lowest BCUT2D eigenvalue weighted by Gasteiger charge is -2.06. The summed E-state index contributed by atoms with van der Waals surface area (Å²) >= 11 is 1.19. The van der Waals surface area contributed by atoms with Gasteiger partial charge < -0.3 is 5.32 Å². The van der Waals surface area contributed by atoms with Crippen LogP contribution >= 0.6 is 11.8 Å². The Kier molecular flexibility index (Phi) is 5.10. The number of benzene rings is 1. The van der Waals surface area contributed by atoms with Gasteiger partial charge in [0, 0.05) is 5.69 Å². The van der Waals surface area contributed by atoms with Gasteiger partial charge in [0.2, 0.25) is 5.91 Å². The van der Waals surface area contributed by atoms with E-state index in [9.17, 15) is 9.59 Å². The average Bonchev–Trinajstić information content (AvgIpc) is 2.49. The molecule has 1 aromatic carbocycles. The number of carbonyl (C=O) groups excluding carboxylic acids is 1. The van der Waals surface area contributed by atoms with Crippen LogP contribution in [0.5, 0.6) is 0 Å². The fourth-order valence-electron chi connectivity index (χ4n) is 1.67. The van der Waals surface area contributed by atoms with Crippen molar-refractivity contribution in [1.82, 2.24) is 15.2 Å². The Morgan fingerprint density at radius 1 is 1.33 bits per heavy atom. The Hall–Kier alpha value is -2.15. The van der Waals surface area contributed by atoms with Gasteiger partial charge in [0.1, 0.15) is 5.03 Å². The third kappa shape index (κ3) is 4.42. The Labute approximate surface area is 126 Å². The number of carbonyl (C=O) groups is 1. The SMILES string of the molecule is CCc1ccc(NC(=O)CSc2nc(=O)[nH]nc2C)cc1. The molecule has 2 N–H and O–H groups in total. The van der Waals surface area contributed by atoms with Gasteiger partial charge in [-0.05, 0) is 31.0 Å². The lowest BCUT2D eigenvalue weighted by atomic mass is 10.1. The number of rotatable bonds is 5. The molecule has 0 saturated carbocycles. The second kappa shape index (κ2) is 7.03. The highest BCUT2D eigenvalue weighted by molar-refractivity contribution is 8.00. The quantitative estimate of drug-likeness (QED) is 0.822. The molecule has 0 spiro atoms. The van der Waals surface area contributed by atoms with Gasteiger partial charge in [0.15, 0.2) is 0 Å². The van der Waals surface area contributed by atoms with Crippen LogP contribution in [0.15, 0.2) is 34.1 Å². The summed E-state index contributed by atoms with van der Waals surface area (Å²) in [6, 6.07) is 7.71. The Morgan fingerprint density at radius 2 is 2.05 bits per heavy atom. The second-order valence-electron chi connectivity index (χ2n) is 4.42. The fraction of sp³-hybridized carbons (Fsp3) is 0.286. The van der Waals surface area contributed by atoms with E-state index in [-0.39, 0.29) is 11.7 Å². The highest BCUT2D eigenvalue weighted by Gasteiger charge is 2.08. The van der Waals surface area contributed by atoms with E-state index >= 15 is 0 Å². The van der Waals surface area contributed by atoms with Crippen LogP contribution in [0.3, 0.4) is 0 Å². The number of H-pyrrole nitrogens is 1. The zero-order valence-corrected chi connectivity index (χ0v) is 12.7. The van der Waals surface area contributed by atoms with Crippen LogP contribution < -0.4 is 11.0 Å². The summed E-state index contributed by atoms with van der Waals surface area (Å²) in [5, 5.41) is 9.33. The average molecular weight is 304 g/mol. The molecule has 0 aliphatic heterocycles. The van der Waals surface area contributed by atoms with Crippen molar-refractivity contribution in [2.24, 2.45) is 0 Å². The number of aryl methyl sites for hydroxylation is 2. The van der Waals surface area contributed by atoms with Crippen LogP contribution in [0.4, 0.5) is 5.69 Å². The predicted molar refractivity (Wildman–Crippen MR) is 82.6 cm³/mol. The smallest absolute Gasteiger partial charge is 0.325 e. The molecule has 1 aromatic heterocycles. The molecule has 0 bridgehead atoms. The molecule has 6 nitrogen and oxygen atoms in total. The number of thioether (sulfide) groups is 1. The Morgan fingerprint density at radius 3 is 2.71 bits per heavy atom. The van der Waals surface area contributed by atoms with Gasteiger partial charge in [-0.3, -0.25) is 4.79 Å². The maximum Gasteiger partial charge on any atom is 0.362 e. The van der Waals surface area contributed by atoms with E-state index in [0.717, 1.165) is 12.1 Å². The highest BCUT2D eigenvalue weighted by atomic mass is 32.2. The summed E-state index contributed by atoms with van der Waals surface area (Å²) in [5.74, 6) is 0.0276. The minimum atomic E-state index is -0.515. The van der Waals surface area contributed by atoms with E-state index in [1.165, 1.54) is 17.3 Å². The van der Waals surface area contributed by atoms with Gasteiger partial charge in [-0.25, -0.2) is 9.89 Å². The first-order valence-electron chi connectivity index (χ1n) is 6.53. The van der Waals surface area contributed by atoms with Crippen molar-refractivity contribution in [2.45, 2.75) is 25.3 Å². The van der Waals surface area contributed by atoms with Crippen LogP contribution in [-0.2, 0) is 11.2 Å². The summed E-state index contributed by atoms with van der Waals surface area (Å²) in [5.41, 5.74) is 2.06. The molecule has 2 aromatic rings. The summed E-state index contributed by atoms with van der Waals surface area (Å²) in [6.07, 6.45) is 0.963. The highest BCUT2D eigenvalue weighted by Crippen LogP contribution is 2.17. The van der Waals surface area contributed by atoms with Crippen LogP contribution in [0, 0.1) is 6.92 Å². The van der Waals surface area contributed by atoms with Crippen molar-refractivity contribution in [3.05, 3.63) is 46.0 Å². The standard InChI is InChI=1S/C14H16N4O2S/c1-3-10-4-6-11(7-5-10)15-12(19)8-21-13-9(2)17-18-14(20)16-13/h4-7H,3,8H2,1-2H3,(H,15,19)(H,16,18,20). The lowest BCUT2D eigenvalue weighted by molar-refractivity contribution is -0.113. The van der Waals surface area contributed by atoms with E-state index < -0.39 is 5.69 Å². The minimum absolute atomic E-state index is 0.147. The van der Waals surface area contributed by atoms with Gasteiger partial charge in [0.25, 0.3) is 0 Å². The van der Waals surface area contributed by atoms with Crippen LogP contribution in [0.25, 0.3) is 0 Å². The molecule has 2 rings (SSSR count). The molecule has 0 atom stereocenters. The van der Waals surface area contributed by atoms with Crippen molar-refractivity contribution >= 4 is 23.4 Å². The number of hydrogen-bond acceptors (Lipinski definition) is 5. The van der Waals surface area contributed by atoms with Gasteiger partial charge in [-0.2, -0.15) is 10.1 Å². The fourth-order valence-corrected chi connectivity index (χ4v) is 2.41. The first-order valence-corrected chi connectivity index (χ1v) is 7.52. The third-order valence-corrected chi connectivity index (χ3v) is 3.88. The maximum absolute atomic E-state index is 11.9. The minimum Gasteiger partial charge on any atom is -0.325 e. The molecule has 0 radical (unpaired) electrons. The van der Waals surface area contributed by atoms with E-state index in [2.05, 4.69) is 27.4 Å². The molecule has 0 aliphatic rings. The van der Waals surface area contributed by atoms with Crippen LogP contribution in [-0.4, -0.2) is 26.8 Å².